The fraction of sp³-hybridized carbons (Fsp3) is 0. The molecule has 0 spiro atoms. The topological polar surface area (TPSA) is 84.6 Å². The smallest absolute Gasteiger partial charge is 0.347 e. The summed E-state index contributed by atoms with van der Waals surface area (Å²) in [7, 11) is 0. The molecule has 5 heteroatoms. The third kappa shape index (κ3) is 2.58. The Kier molecular flexibility index (Phi) is 3.45. The predicted molar refractivity (Wildman–Crippen MR) is 67.3 cm³/mol. The van der Waals surface area contributed by atoms with Gasteiger partial charge in [-0.1, -0.05) is 18.2 Å². The zero-order valence-corrected chi connectivity index (χ0v) is 9.46. The van der Waals surface area contributed by atoms with Crippen molar-refractivity contribution >= 4 is 11.7 Å². The minimum atomic E-state index is -0.623. The molecule has 0 saturated carbocycles. The number of rotatable bonds is 3. The molecule has 2 aromatic rings. The summed E-state index contributed by atoms with van der Waals surface area (Å²) >= 11 is 0. The van der Waals surface area contributed by atoms with Crippen LogP contribution in [-0.4, -0.2) is 11.1 Å². The Morgan fingerprint density at radius 1 is 1.17 bits per heavy atom. The van der Waals surface area contributed by atoms with Crippen LogP contribution >= 0.6 is 0 Å². The lowest BCUT2D eigenvalue weighted by molar-refractivity contribution is 0.0731. The van der Waals surface area contributed by atoms with Crippen molar-refractivity contribution in [3.63, 3.8) is 0 Å². The number of phenolic OH excluding ortho intramolecular Hbond substituents is 1. The zero-order chi connectivity index (χ0) is 13.0. The van der Waals surface area contributed by atoms with Crippen molar-refractivity contribution in [3.8, 4) is 11.5 Å². The Hall–Kier alpha value is -2.53. The Balaban J connectivity index is 2.19. The second-order valence-corrected chi connectivity index (χ2v) is 3.58. The highest BCUT2D eigenvalue weighted by molar-refractivity contribution is 5.94. The SMILES string of the molecule is NNc1ccc(C(=O)Oc2ccccc2)c(O)c1. The van der Waals surface area contributed by atoms with E-state index in [4.69, 9.17) is 10.6 Å². The maximum atomic E-state index is 11.8. The molecule has 2 rings (SSSR count). The zero-order valence-electron chi connectivity index (χ0n) is 9.46. The predicted octanol–water partition coefficient (Wildman–Crippen LogP) is 1.90. The van der Waals surface area contributed by atoms with Gasteiger partial charge >= 0.3 is 5.97 Å². The van der Waals surface area contributed by atoms with Gasteiger partial charge in [-0.25, -0.2) is 4.79 Å². The molecule has 92 valence electrons. The van der Waals surface area contributed by atoms with Crippen molar-refractivity contribution in [3.05, 3.63) is 54.1 Å². The molecule has 0 bridgehead atoms. The van der Waals surface area contributed by atoms with Crippen LogP contribution in [0.5, 0.6) is 11.5 Å². The van der Waals surface area contributed by atoms with Crippen molar-refractivity contribution in [2.75, 3.05) is 5.43 Å². The van der Waals surface area contributed by atoms with Crippen molar-refractivity contribution in [2.24, 2.45) is 5.84 Å². The monoisotopic (exact) mass is 244 g/mol. The first kappa shape index (κ1) is 11.9. The number of carbonyl (C=O) groups is 1. The van der Waals surface area contributed by atoms with Crippen LogP contribution in [0.15, 0.2) is 48.5 Å². The van der Waals surface area contributed by atoms with Gasteiger partial charge in [0.25, 0.3) is 0 Å². The van der Waals surface area contributed by atoms with Gasteiger partial charge in [-0.15, -0.1) is 0 Å². The first-order chi connectivity index (χ1) is 8.70. The Bertz CT molecular complexity index is 555. The summed E-state index contributed by atoms with van der Waals surface area (Å²) in [5.74, 6) is 4.80. The normalized spacial score (nSPS) is 9.83. The minimum Gasteiger partial charge on any atom is -0.507 e. The van der Waals surface area contributed by atoms with Gasteiger partial charge in [-0.2, -0.15) is 0 Å². The number of carbonyl (C=O) groups excluding carboxylic acids is 1. The molecule has 0 fully saturated rings. The molecule has 0 heterocycles. The van der Waals surface area contributed by atoms with E-state index < -0.39 is 5.97 Å². The van der Waals surface area contributed by atoms with Crippen LogP contribution in [0, 0.1) is 0 Å². The molecule has 0 unspecified atom stereocenters. The molecule has 0 aromatic heterocycles. The maximum Gasteiger partial charge on any atom is 0.347 e. The number of esters is 1. The largest absolute Gasteiger partial charge is 0.507 e. The van der Waals surface area contributed by atoms with E-state index in [1.165, 1.54) is 12.1 Å². The lowest BCUT2D eigenvalue weighted by Gasteiger charge is -2.07. The van der Waals surface area contributed by atoms with Gasteiger partial charge in [-0.05, 0) is 24.3 Å². The van der Waals surface area contributed by atoms with Gasteiger partial charge in [0.2, 0.25) is 0 Å². The molecule has 0 atom stereocenters. The first-order valence-corrected chi connectivity index (χ1v) is 5.27. The summed E-state index contributed by atoms with van der Waals surface area (Å²) in [4.78, 5) is 11.8. The highest BCUT2D eigenvalue weighted by Crippen LogP contribution is 2.23. The van der Waals surface area contributed by atoms with E-state index in [9.17, 15) is 9.90 Å². The third-order valence-electron chi connectivity index (χ3n) is 2.34. The van der Waals surface area contributed by atoms with E-state index in [2.05, 4.69) is 5.43 Å². The second kappa shape index (κ2) is 5.20. The summed E-state index contributed by atoms with van der Waals surface area (Å²) in [5.41, 5.74) is 2.96. The summed E-state index contributed by atoms with van der Waals surface area (Å²) in [6, 6.07) is 13.0. The molecule has 4 N–H and O–H groups in total. The van der Waals surface area contributed by atoms with E-state index in [-0.39, 0.29) is 11.3 Å². The van der Waals surface area contributed by atoms with E-state index >= 15 is 0 Å². The van der Waals surface area contributed by atoms with E-state index in [0.29, 0.717) is 11.4 Å². The lowest BCUT2D eigenvalue weighted by Crippen LogP contribution is -2.10. The van der Waals surface area contributed by atoms with Crippen molar-refractivity contribution < 1.29 is 14.6 Å². The molecular formula is C13H12N2O3. The number of aromatic hydroxyl groups is 1. The Labute approximate surface area is 104 Å². The highest BCUT2D eigenvalue weighted by Gasteiger charge is 2.13. The summed E-state index contributed by atoms with van der Waals surface area (Å²) in [6.07, 6.45) is 0. The molecule has 2 aromatic carbocycles. The number of nitrogens with two attached hydrogens (primary N) is 1. The number of hydrazine groups is 1. The van der Waals surface area contributed by atoms with E-state index in [0.717, 1.165) is 0 Å². The van der Waals surface area contributed by atoms with Crippen LogP contribution in [0.1, 0.15) is 10.4 Å². The molecule has 0 radical (unpaired) electrons. The van der Waals surface area contributed by atoms with Crippen molar-refractivity contribution in [1.29, 1.82) is 0 Å². The molecule has 5 nitrogen and oxygen atoms in total. The van der Waals surface area contributed by atoms with Gasteiger partial charge in [0.05, 0.1) is 5.69 Å². The van der Waals surface area contributed by atoms with Crippen LogP contribution in [0.3, 0.4) is 0 Å². The van der Waals surface area contributed by atoms with E-state index in [1.54, 1.807) is 30.3 Å². The van der Waals surface area contributed by atoms with Crippen LogP contribution in [0.4, 0.5) is 5.69 Å². The first-order valence-electron chi connectivity index (χ1n) is 5.27. The summed E-state index contributed by atoms with van der Waals surface area (Å²) in [5, 5.41) is 9.67. The minimum absolute atomic E-state index is 0.0813. The molecule has 18 heavy (non-hydrogen) atoms. The molecular weight excluding hydrogens is 232 g/mol. The van der Waals surface area contributed by atoms with Crippen LogP contribution in [0.2, 0.25) is 0 Å². The number of ether oxygens (including phenoxy) is 1. The second-order valence-electron chi connectivity index (χ2n) is 3.58. The third-order valence-corrected chi connectivity index (χ3v) is 2.34. The molecule has 0 aliphatic rings. The molecule has 0 aliphatic carbocycles. The van der Waals surface area contributed by atoms with Crippen LogP contribution in [-0.2, 0) is 0 Å². The summed E-state index contributed by atoms with van der Waals surface area (Å²) in [6.45, 7) is 0. The van der Waals surface area contributed by atoms with E-state index in [1.807, 2.05) is 6.07 Å². The average Bonchev–Trinajstić information content (AvgIpc) is 2.39. The maximum absolute atomic E-state index is 11.8. The lowest BCUT2D eigenvalue weighted by atomic mass is 10.2. The molecule has 0 saturated heterocycles. The Morgan fingerprint density at radius 3 is 2.50 bits per heavy atom. The number of hydrogen-bond acceptors (Lipinski definition) is 5. The number of phenols is 1. The van der Waals surface area contributed by atoms with Gasteiger partial charge < -0.3 is 15.3 Å². The van der Waals surface area contributed by atoms with Crippen LogP contribution in [0.25, 0.3) is 0 Å². The van der Waals surface area contributed by atoms with Crippen LogP contribution < -0.4 is 16.0 Å². The van der Waals surface area contributed by atoms with Crippen molar-refractivity contribution in [2.45, 2.75) is 0 Å². The Morgan fingerprint density at radius 2 is 1.89 bits per heavy atom. The fourth-order valence-corrected chi connectivity index (χ4v) is 1.44. The average molecular weight is 244 g/mol. The summed E-state index contributed by atoms with van der Waals surface area (Å²) < 4.78 is 5.10. The molecule has 0 aliphatic heterocycles. The number of nitrogen functional groups attached to an aromatic ring is 1. The number of hydrogen-bond donors (Lipinski definition) is 3. The number of para-hydroxylation sites is 1. The van der Waals surface area contributed by atoms with Gasteiger partial charge in [-0.3, -0.25) is 5.84 Å². The number of nitrogens with one attached hydrogen (secondary N) is 1. The molecule has 0 amide bonds. The quantitative estimate of drug-likeness (QED) is 0.332. The standard InChI is InChI=1S/C13H12N2O3/c14-15-9-6-7-11(12(16)8-9)13(17)18-10-4-2-1-3-5-10/h1-8,15-16H,14H2. The number of anilines is 1. The van der Waals surface area contributed by atoms with Gasteiger partial charge in [0.15, 0.2) is 0 Å². The van der Waals surface area contributed by atoms with Gasteiger partial charge in [0.1, 0.15) is 17.1 Å². The van der Waals surface area contributed by atoms with Crippen molar-refractivity contribution in [1.82, 2.24) is 0 Å². The highest BCUT2D eigenvalue weighted by atomic mass is 16.5. The van der Waals surface area contributed by atoms with Gasteiger partial charge in [0, 0.05) is 6.07 Å². The number of benzene rings is 2. The fourth-order valence-electron chi connectivity index (χ4n) is 1.44.